The number of amides is 1. The zero-order valence-corrected chi connectivity index (χ0v) is 10.4. The van der Waals surface area contributed by atoms with Crippen molar-refractivity contribution in [1.82, 2.24) is 5.32 Å². The zero-order chi connectivity index (χ0) is 14.7. The summed E-state index contributed by atoms with van der Waals surface area (Å²) in [5.41, 5.74) is 5.37. The van der Waals surface area contributed by atoms with E-state index in [0.29, 0.717) is 0 Å². The number of para-hydroxylation sites is 1. The SMILES string of the molecule is Nc1ccccc1S(=O)(=O)CC(=O)NCC(F)(F)F. The van der Waals surface area contributed by atoms with Crippen LogP contribution in [0.3, 0.4) is 0 Å². The minimum absolute atomic E-state index is 0.0638. The second-order valence-corrected chi connectivity index (χ2v) is 5.65. The van der Waals surface area contributed by atoms with Crippen molar-refractivity contribution in [3.8, 4) is 0 Å². The van der Waals surface area contributed by atoms with E-state index >= 15 is 0 Å². The average molecular weight is 296 g/mol. The van der Waals surface area contributed by atoms with Gasteiger partial charge in [0.1, 0.15) is 12.3 Å². The van der Waals surface area contributed by atoms with E-state index in [1.165, 1.54) is 29.6 Å². The maximum absolute atomic E-state index is 11.9. The van der Waals surface area contributed by atoms with Gasteiger partial charge in [0, 0.05) is 0 Å². The van der Waals surface area contributed by atoms with Crippen LogP contribution in [-0.4, -0.2) is 32.8 Å². The molecule has 0 aliphatic heterocycles. The van der Waals surface area contributed by atoms with Gasteiger partial charge >= 0.3 is 6.18 Å². The van der Waals surface area contributed by atoms with Crippen molar-refractivity contribution in [2.75, 3.05) is 18.0 Å². The topological polar surface area (TPSA) is 89.3 Å². The Labute approximate surface area is 107 Å². The number of alkyl halides is 3. The van der Waals surface area contributed by atoms with Gasteiger partial charge in [0.15, 0.2) is 9.84 Å². The number of benzene rings is 1. The highest BCUT2D eigenvalue weighted by Crippen LogP contribution is 2.18. The van der Waals surface area contributed by atoms with Gasteiger partial charge in [-0.3, -0.25) is 4.79 Å². The summed E-state index contributed by atoms with van der Waals surface area (Å²) in [5.74, 6) is -2.32. The Morgan fingerprint density at radius 3 is 2.37 bits per heavy atom. The number of anilines is 1. The average Bonchev–Trinajstić information content (AvgIpc) is 2.25. The number of hydrogen-bond donors (Lipinski definition) is 2. The third-order valence-corrected chi connectivity index (χ3v) is 3.75. The van der Waals surface area contributed by atoms with Crippen molar-refractivity contribution < 1.29 is 26.4 Å². The summed E-state index contributed by atoms with van der Waals surface area (Å²) in [6, 6.07) is 5.40. The lowest BCUT2D eigenvalue weighted by Gasteiger charge is -2.09. The molecule has 106 valence electrons. The Bertz CT molecular complexity index is 570. The monoisotopic (exact) mass is 296 g/mol. The largest absolute Gasteiger partial charge is 0.405 e. The molecule has 1 aromatic rings. The van der Waals surface area contributed by atoms with Gasteiger partial charge in [0.05, 0.1) is 10.6 Å². The summed E-state index contributed by atoms with van der Waals surface area (Å²) < 4.78 is 59.1. The maximum atomic E-state index is 11.9. The van der Waals surface area contributed by atoms with Crippen molar-refractivity contribution >= 4 is 21.4 Å². The molecule has 0 saturated carbocycles. The molecule has 0 unspecified atom stereocenters. The molecular formula is C10H11F3N2O3S. The second-order valence-electron chi connectivity index (χ2n) is 3.69. The normalized spacial score (nSPS) is 12.2. The first kappa shape index (κ1) is 15.3. The molecule has 1 rings (SSSR count). The minimum atomic E-state index is -4.59. The van der Waals surface area contributed by atoms with E-state index in [4.69, 9.17) is 5.73 Å². The number of nitrogens with two attached hydrogens (primary N) is 1. The Morgan fingerprint density at radius 2 is 1.84 bits per heavy atom. The van der Waals surface area contributed by atoms with Gasteiger partial charge in [-0.15, -0.1) is 0 Å². The molecule has 0 bridgehead atoms. The molecule has 3 N–H and O–H groups in total. The molecule has 0 fully saturated rings. The highest BCUT2D eigenvalue weighted by Gasteiger charge is 2.29. The molecule has 9 heteroatoms. The molecule has 0 heterocycles. The first-order valence-corrected chi connectivity index (χ1v) is 6.68. The van der Waals surface area contributed by atoms with Crippen LogP contribution in [0.15, 0.2) is 29.2 Å². The Kier molecular flexibility index (Phi) is 4.40. The third kappa shape index (κ3) is 4.78. The number of rotatable bonds is 4. The number of nitrogens with one attached hydrogen (secondary N) is 1. The fourth-order valence-electron chi connectivity index (χ4n) is 1.26. The van der Waals surface area contributed by atoms with E-state index in [2.05, 4.69) is 0 Å². The van der Waals surface area contributed by atoms with E-state index in [1.54, 1.807) is 0 Å². The van der Waals surface area contributed by atoms with E-state index in [-0.39, 0.29) is 10.6 Å². The van der Waals surface area contributed by atoms with Crippen LogP contribution in [0.4, 0.5) is 18.9 Å². The van der Waals surface area contributed by atoms with Crippen molar-refractivity contribution in [2.45, 2.75) is 11.1 Å². The summed E-state index contributed by atoms with van der Waals surface area (Å²) in [7, 11) is -4.06. The van der Waals surface area contributed by atoms with Crippen LogP contribution in [0, 0.1) is 0 Å². The molecule has 0 aromatic heterocycles. The number of sulfone groups is 1. The molecule has 0 aliphatic rings. The predicted octanol–water partition coefficient (Wildman–Crippen LogP) is 0.721. The first-order chi connectivity index (χ1) is 8.62. The lowest BCUT2D eigenvalue weighted by atomic mass is 10.3. The van der Waals surface area contributed by atoms with Crippen molar-refractivity contribution in [2.24, 2.45) is 0 Å². The third-order valence-electron chi connectivity index (χ3n) is 2.06. The lowest BCUT2D eigenvalue weighted by Crippen LogP contribution is -2.37. The standard InChI is InChI=1S/C10H11F3N2O3S/c11-10(12,13)6-15-9(16)5-19(17,18)8-4-2-1-3-7(8)14/h1-4H,5-6,14H2,(H,15,16). The number of hydrogen-bond acceptors (Lipinski definition) is 4. The van der Waals surface area contributed by atoms with Crippen LogP contribution in [0.1, 0.15) is 0 Å². The molecule has 0 aliphatic carbocycles. The number of nitrogen functional groups attached to an aromatic ring is 1. The fraction of sp³-hybridized carbons (Fsp3) is 0.300. The van der Waals surface area contributed by atoms with Crippen LogP contribution in [-0.2, 0) is 14.6 Å². The van der Waals surface area contributed by atoms with Gasteiger partial charge in [0.25, 0.3) is 0 Å². The number of carbonyl (C=O) groups excluding carboxylic acids is 1. The van der Waals surface area contributed by atoms with E-state index in [0.717, 1.165) is 0 Å². The lowest BCUT2D eigenvalue weighted by molar-refractivity contribution is -0.137. The van der Waals surface area contributed by atoms with Gasteiger partial charge < -0.3 is 11.1 Å². The van der Waals surface area contributed by atoms with E-state index in [9.17, 15) is 26.4 Å². The summed E-state index contributed by atoms with van der Waals surface area (Å²) >= 11 is 0. The van der Waals surface area contributed by atoms with Crippen molar-refractivity contribution in [3.63, 3.8) is 0 Å². The van der Waals surface area contributed by atoms with Gasteiger partial charge in [-0.05, 0) is 12.1 Å². The molecule has 0 atom stereocenters. The quantitative estimate of drug-likeness (QED) is 0.801. The summed E-state index contributed by atoms with van der Waals surface area (Å²) in [5, 5.41) is 1.48. The number of halogens is 3. The van der Waals surface area contributed by atoms with Crippen LogP contribution in [0.2, 0.25) is 0 Å². The van der Waals surface area contributed by atoms with Crippen LogP contribution < -0.4 is 11.1 Å². The predicted molar refractivity (Wildman–Crippen MR) is 62.0 cm³/mol. The highest BCUT2D eigenvalue weighted by atomic mass is 32.2. The van der Waals surface area contributed by atoms with Gasteiger partial charge in [-0.1, -0.05) is 12.1 Å². The molecule has 19 heavy (non-hydrogen) atoms. The molecule has 0 radical (unpaired) electrons. The zero-order valence-electron chi connectivity index (χ0n) is 9.57. The Hall–Kier alpha value is -1.77. The fourth-order valence-corrected chi connectivity index (χ4v) is 2.58. The van der Waals surface area contributed by atoms with Crippen LogP contribution >= 0.6 is 0 Å². The molecular weight excluding hydrogens is 285 g/mol. The molecule has 0 spiro atoms. The Morgan fingerprint density at radius 1 is 1.26 bits per heavy atom. The molecule has 1 amide bonds. The van der Waals surface area contributed by atoms with Crippen molar-refractivity contribution in [3.05, 3.63) is 24.3 Å². The van der Waals surface area contributed by atoms with Gasteiger partial charge in [-0.25, -0.2) is 8.42 Å². The van der Waals surface area contributed by atoms with Crippen molar-refractivity contribution in [1.29, 1.82) is 0 Å². The molecule has 5 nitrogen and oxygen atoms in total. The maximum Gasteiger partial charge on any atom is 0.405 e. The van der Waals surface area contributed by atoms with E-state index < -0.39 is 34.2 Å². The van der Waals surface area contributed by atoms with Crippen LogP contribution in [0.25, 0.3) is 0 Å². The molecule has 0 saturated heterocycles. The summed E-state index contributed by atoms with van der Waals surface area (Å²) in [6.45, 7) is -1.58. The Balaban J connectivity index is 2.76. The second kappa shape index (κ2) is 5.47. The smallest absolute Gasteiger partial charge is 0.398 e. The molecule has 1 aromatic carbocycles. The van der Waals surface area contributed by atoms with E-state index in [1.807, 2.05) is 0 Å². The number of carbonyl (C=O) groups is 1. The summed E-state index contributed by atoms with van der Waals surface area (Å²) in [4.78, 5) is 10.9. The minimum Gasteiger partial charge on any atom is -0.398 e. The highest BCUT2D eigenvalue weighted by molar-refractivity contribution is 7.92. The van der Waals surface area contributed by atoms with Gasteiger partial charge in [0.2, 0.25) is 5.91 Å². The first-order valence-electron chi connectivity index (χ1n) is 5.02. The summed E-state index contributed by atoms with van der Waals surface area (Å²) in [6.07, 6.45) is -4.59. The van der Waals surface area contributed by atoms with Gasteiger partial charge in [-0.2, -0.15) is 13.2 Å². The van der Waals surface area contributed by atoms with Crippen LogP contribution in [0.5, 0.6) is 0 Å².